The van der Waals surface area contributed by atoms with Gasteiger partial charge in [-0.3, -0.25) is 4.90 Å². The van der Waals surface area contributed by atoms with Crippen molar-refractivity contribution in [1.29, 1.82) is 0 Å². The number of hydrogen-bond donors (Lipinski definition) is 1. The summed E-state index contributed by atoms with van der Waals surface area (Å²) in [4.78, 5) is 24.5. The number of carbonyl (C=O) groups is 2. The number of carboxylic acid groups (broad SMARTS) is 1. The molecule has 0 spiro atoms. The second-order valence-electron chi connectivity index (χ2n) is 4.74. The molecule has 0 heterocycles. The van der Waals surface area contributed by atoms with Crippen LogP contribution in [0.2, 0.25) is 0 Å². The third-order valence-corrected chi connectivity index (χ3v) is 2.56. The predicted molar refractivity (Wildman–Crippen MR) is 69.5 cm³/mol. The fourth-order valence-electron chi connectivity index (χ4n) is 1.74. The summed E-state index contributed by atoms with van der Waals surface area (Å²) in [6, 6.07) is -0.786. The van der Waals surface area contributed by atoms with Crippen LogP contribution in [0.4, 0.5) is 4.79 Å². The Labute approximate surface area is 109 Å². The average molecular weight is 259 g/mol. The molecule has 0 aliphatic rings. The minimum atomic E-state index is -0.961. The summed E-state index contributed by atoms with van der Waals surface area (Å²) in [5, 5.41) is 9.25. The van der Waals surface area contributed by atoms with E-state index in [0.29, 0.717) is 13.0 Å². The molecular formula is C13H25NO4. The van der Waals surface area contributed by atoms with E-state index in [2.05, 4.69) is 0 Å². The number of nitrogens with zero attached hydrogens (tertiary/aromatic N) is 1. The normalized spacial score (nSPS) is 12.3. The monoisotopic (exact) mass is 259 g/mol. The van der Waals surface area contributed by atoms with E-state index in [-0.39, 0.29) is 12.5 Å². The van der Waals surface area contributed by atoms with Crippen molar-refractivity contribution in [3.8, 4) is 0 Å². The van der Waals surface area contributed by atoms with Gasteiger partial charge in [-0.15, -0.1) is 0 Å². The zero-order valence-electron chi connectivity index (χ0n) is 11.8. The Balaban J connectivity index is 4.84. The molecule has 0 radical (unpaired) electrons. The van der Waals surface area contributed by atoms with Crippen molar-refractivity contribution in [2.45, 2.75) is 53.0 Å². The van der Waals surface area contributed by atoms with Crippen LogP contribution in [0.25, 0.3) is 0 Å². The van der Waals surface area contributed by atoms with Gasteiger partial charge >= 0.3 is 12.1 Å². The van der Waals surface area contributed by atoms with Gasteiger partial charge in [0.15, 0.2) is 0 Å². The molecule has 0 aliphatic carbocycles. The first-order valence-electron chi connectivity index (χ1n) is 6.60. The molecule has 0 aliphatic heterocycles. The van der Waals surface area contributed by atoms with Crippen LogP contribution >= 0.6 is 0 Å². The van der Waals surface area contributed by atoms with E-state index < -0.39 is 18.1 Å². The second kappa shape index (κ2) is 8.78. The molecule has 1 N–H and O–H groups in total. The summed E-state index contributed by atoms with van der Waals surface area (Å²) in [6.45, 7) is 8.27. The highest BCUT2D eigenvalue weighted by Crippen LogP contribution is 2.13. The van der Waals surface area contributed by atoms with E-state index in [4.69, 9.17) is 4.74 Å². The minimum Gasteiger partial charge on any atom is -0.480 e. The van der Waals surface area contributed by atoms with Crippen LogP contribution in [0.15, 0.2) is 0 Å². The molecule has 5 nitrogen and oxygen atoms in total. The Hall–Kier alpha value is -1.26. The average Bonchev–Trinajstić information content (AvgIpc) is 2.27. The molecule has 0 saturated carbocycles. The molecule has 0 saturated heterocycles. The lowest BCUT2D eigenvalue weighted by molar-refractivity contribution is -0.143. The summed E-state index contributed by atoms with van der Waals surface area (Å²) < 4.78 is 4.94. The summed E-state index contributed by atoms with van der Waals surface area (Å²) in [5.74, 6) is -0.755. The number of hydrogen-bond acceptors (Lipinski definition) is 3. The molecule has 0 fully saturated rings. The van der Waals surface area contributed by atoms with Crippen molar-refractivity contribution in [3.63, 3.8) is 0 Å². The van der Waals surface area contributed by atoms with Gasteiger partial charge in [0, 0.05) is 6.54 Å². The smallest absolute Gasteiger partial charge is 0.410 e. The van der Waals surface area contributed by atoms with Gasteiger partial charge in [-0.1, -0.05) is 33.6 Å². The van der Waals surface area contributed by atoms with Gasteiger partial charge in [-0.25, -0.2) is 9.59 Å². The highest BCUT2D eigenvalue weighted by molar-refractivity contribution is 5.80. The van der Waals surface area contributed by atoms with Crippen molar-refractivity contribution < 1.29 is 19.4 Å². The van der Waals surface area contributed by atoms with Crippen molar-refractivity contribution in [2.75, 3.05) is 13.2 Å². The Morgan fingerprint density at radius 2 is 1.89 bits per heavy atom. The number of unbranched alkanes of at least 4 members (excludes halogenated alkanes) is 1. The van der Waals surface area contributed by atoms with E-state index in [0.717, 1.165) is 12.8 Å². The van der Waals surface area contributed by atoms with E-state index in [9.17, 15) is 14.7 Å². The largest absolute Gasteiger partial charge is 0.480 e. The Morgan fingerprint density at radius 1 is 1.28 bits per heavy atom. The van der Waals surface area contributed by atoms with Crippen molar-refractivity contribution in [1.82, 2.24) is 4.90 Å². The predicted octanol–water partition coefficient (Wildman–Crippen LogP) is 2.74. The standard InChI is InChI=1S/C13H25NO4/c1-5-7-8-11(12(15)16)14(9-10(3)4)13(17)18-6-2/h10-11H,5-9H2,1-4H3,(H,15,16). The SMILES string of the molecule is CCCCC(C(=O)O)N(CC(C)C)C(=O)OCC. The fraction of sp³-hybridized carbons (Fsp3) is 0.846. The molecule has 0 bridgehead atoms. The van der Waals surface area contributed by atoms with E-state index >= 15 is 0 Å². The van der Waals surface area contributed by atoms with Crippen LogP contribution in [0.1, 0.15) is 47.0 Å². The molecule has 0 aromatic carbocycles. The molecule has 1 unspecified atom stereocenters. The number of aliphatic carboxylic acids is 1. The van der Waals surface area contributed by atoms with Crippen molar-refractivity contribution in [3.05, 3.63) is 0 Å². The van der Waals surface area contributed by atoms with Crippen molar-refractivity contribution in [2.24, 2.45) is 5.92 Å². The van der Waals surface area contributed by atoms with Crippen molar-refractivity contribution >= 4 is 12.1 Å². The molecule has 18 heavy (non-hydrogen) atoms. The second-order valence-corrected chi connectivity index (χ2v) is 4.74. The first-order valence-corrected chi connectivity index (χ1v) is 6.60. The number of carbonyl (C=O) groups excluding carboxylic acids is 1. The topological polar surface area (TPSA) is 66.8 Å². The molecule has 0 aromatic heterocycles. The maximum absolute atomic E-state index is 11.8. The first kappa shape index (κ1) is 16.7. The van der Waals surface area contributed by atoms with E-state index in [1.165, 1.54) is 4.90 Å². The van der Waals surface area contributed by atoms with Crippen LogP contribution < -0.4 is 0 Å². The van der Waals surface area contributed by atoms with Crippen LogP contribution in [0.5, 0.6) is 0 Å². The van der Waals surface area contributed by atoms with Crippen LogP contribution in [-0.4, -0.2) is 41.3 Å². The molecule has 0 rings (SSSR count). The van der Waals surface area contributed by atoms with Crippen LogP contribution in [0.3, 0.4) is 0 Å². The van der Waals surface area contributed by atoms with Gasteiger partial charge in [0.25, 0.3) is 0 Å². The highest BCUT2D eigenvalue weighted by Gasteiger charge is 2.30. The summed E-state index contributed by atoms with van der Waals surface area (Å²) >= 11 is 0. The Morgan fingerprint density at radius 3 is 2.28 bits per heavy atom. The fourth-order valence-corrected chi connectivity index (χ4v) is 1.74. The lowest BCUT2D eigenvalue weighted by atomic mass is 10.1. The number of carboxylic acids is 1. The maximum Gasteiger partial charge on any atom is 0.410 e. The number of rotatable bonds is 8. The van der Waals surface area contributed by atoms with Gasteiger partial charge in [0.1, 0.15) is 6.04 Å². The molecule has 106 valence electrons. The summed E-state index contributed by atoms with van der Waals surface area (Å²) in [7, 11) is 0. The minimum absolute atomic E-state index is 0.206. The van der Waals surface area contributed by atoms with Gasteiger partial charge in [0.05, 0.1) is 6.61 Å². The summed E-state index contributed by atoms with van der Waals surface area (Å²) in [6.07, 6.45) is 1.62. The number of amides is 1. The number of ether oxygens (including phenoxy) is 1. The molecule has 1 amide bonds. The maximum atomic E-state index is 11.8. The van der Waals surface area contributed by atoms with Gasteiger partial charge in [-0.2, -0.15) is 0 Å². The summed E-state index contributed by atoms with van der Waals surface area (Å²) in [5.41, 5.74) is 0. The zero-order chi connectivity index (χ0) is 14.1. The molecular weight excluding hydrogens is 234 g/mol. The van der Waals surface area contributed by atoms with E-state index in [1.54, 1.807) is 6.92 Å². The lowest BCUT2D eigenvalue weighted by Crippen LogP contribution is -2.47. The third kappa shape index (κ3) is 5.89. The van der Waals surface area contributed by atoms with Crippen LogP contribution in [0, 0.1) is 5.92 Å². The molecule has 5 heteroatoms. The van der Waals surface area contributed by atoms with E-state index in [1.807, 2.05) is 20.8 Å². The van der Waals surface area contributed by atoms with Gasteiger partial charge in [0.2, 0.25) is 0 Å². The van der Waals surface area contributed by atoms with Gasteiger partial charge in [-0.05, 0) is 19.3 Å². The highest BCUT2D eigenvalue weighted by atomic mass is 16.6. The molecule has 1 atom stereocenters. The third-order valence-electron chi connectivity index (χ3n) is 2.56. The molecule has 0 aromatic rings. The van der Waals surface area contributed by atoms with Crippen LogP contribution in [-0.2, 0) is 9.53 Å². The lowest BCUT2D eigenvalue weighted by Gasteiger charge is -2.29. The Bertz CT molecular complexity index is 266. The Kier molecular flexibility index (Phi) is 8.16. The first-order chi connectivity index (χ1) is 8.43. The quantitative estimate of drug-likeness (QED) is 0.727. The van der Waals surface area contributed by atoms with Gasteiger partial charge < -0.3 is 9.84 Å². The zero-order valence-corrected chi connectivity index (χ0v) is 11.8.